The van der Waals surface area contributed by atoms with Gasteiger partial charge in [0.25, 0.3) is 0 Å². The summed E-state index contributed by atoms with van der Waals surface area (Å²) in [6, 6.07) is 7.88. The van der Waals surface area contributed by atoms with Crippen molar-refractivity contribution in [1.29, 1.82) is 0 Å². The van der Waals surface area contributed by atoms with Gasteiger partial charge in [0, 0.05) is 19.6 Å². The highest BCUT2D eigenvalue weighted by atomic mass is 32.1. The Hall–Kier alpha value is -1.47. The van der Waals surface area contributed by atoms with Crippen LogP contribution in [0.5, 0.6) is 5.75 Å². The highest BCUT2D eigenvalue weighted by Gasteiger charge is 2.23. The molecule has 1 aromatic heterocycles. The van der Waals surface area contributed by atoms with E-state index in [0.29, 0.717) is 18.9 Å². The van der Waals surface area contributed by atoms with Gasteiger partial charge in [-0.1, -0.05) is 0 Å². The molecular formula is C17H20FNO3S. The zero-order chi connectivity index (χ0) is 16.1. The fraction of sp³-hybridized carbons (Fsp3) is 0.412. The number of rotatable bonds is 6. The number of benzene rings is 1. The van der Waals surface area contributed by atoms with Crippen LogP contribution in [-0.2, 0) is 4.74 Å². The molecule has 1 N–H and O–H groups in total. The number of morpholine rings is 1. The first-order valence-corrected chi connectivity index (χ1v) is 8.57. The van der Waals surface area contributed by atoms with Crippen LogP contribution in [0.15, 0.2) is 41.1 Å². The molecule has 1 aliphatic rings. The standard InChI is InChI=1S/C17H20FNO3S/c18-14-1-3-16(4-2-14)22-11-15(20)9-19-6-7-21-17(10-19)13-5-8-23-12-13/h1-5,8,12,15,17,20H,6-7,9-11H2. The molecule has 1 fully saturated rings. The minimum Gasteiger partial charge on any atom is -0.491 e. The number of halogens is 1. The van der Waals surface area contributed by atoms with Crippen molar-refractivity contribution in [2.75, 3.05) is 32.8 Å². The quantitative estimate of drug-likeness (QED) is 0.880. The summed E-state index contributed by atoms with van der Waals surface area (Å²) in [7, 11) is 0. The maximum Gasteiger partial charge on any atom is 0.123 e. The molecule has 0 aliphatic carbocycles. The van der Waals surface area contributed by atoms with Crippen LogP contribution in [0.3, 0.4) is 0 Å². The molecular weight excluding hydrogens is 317 g/mol. The smallest absolute Gasteiger partial charge is 0.123 e. The van der Waals surface area contributed by atoms with Crippen molar-refractivity contribution in [3.05, 3.63) is 52.5 Å². The lowest BCUT2D eigenvalue weighted by molar-refractivity contribution is -0.0457. The van der Waals surface area contributed by atoms with E-state index < -0.39 is 6.10 Å². The first-order valence-electron chi connectivity index (χ1n) is 7.63. The lowest BCUT2D eigenvalue weighted by Crippen LogP contribution is -2.43. The van der Waals surface area contributed by atoms with Crippen molar-refractivity contribution in [2.24, 2.45) is 0 Å². The molecule has 0 amide bonds. The fourth-order valence-electron chi connectivity index (χ4n) is 2.60. The Morgan fingerprint density at radius 1 is 1.35 bits per heavy atom. The van der Waals surface area contributed by atoms with E-state index in [-0.39, 0.29) is 18.5 Å². The molecule has 0 spiro atoms. The molecule has 2 unspecified atom stereocenters. The number of aliphatic hydroxyl groups is 1. The van der Waals surface area contributed by atoms with Crippen molar-refractivity contribution in [2.45, 2.75) is 12.2 Å². The number of hydrogen-bond acceptors (Lipinski definition) is 5. The molecule has 1 saturated heterocycles. The Morgan fingerprint density at radius 3 is 2.91 bits per heavy atom. The molecule has 0 saturated carbocycles. The monoisotopic (exact) mass is 337 g/mol. The molecule has 0 radical (unpaired) electrons. The second-order valence-corrected chi connectivity index (χ2v) is 6.37. The van der Waals surface area contributed by atoms with E-state index in [1.807, 2.05) is 5.38 Å². The molecule has 1 aliphatic heterocycles. The van der Waals surface area contributed by atoms with Crippen LogP contribution in [0.1, 0.15) is 11.7 Å². The van der Waals surface area contributed by atoms with E-state index in [9.17, 15) is 9.50 Å². The van der Waals surface area contributed by atoms with E-state index in [1.165, 1.54) is 17.7 Å². The number of thiophene rings is 1. The zero-order valence-electron chi connectivity index (χ0n) is 12.7. The normalized spacial score (nSPS) is 20.3. The Morgan fingerprint density at radius 2 is 2.17 bits per heavy atom. The average molecular weight is 337 g/mol. The molecule has 23 heavy (non-hydrogen) atoms. The van der Waals surface area contributed by atoms with E-state index >= 15 is 0 Å². The van der Waals surface area contributed by atoms with E-state index in [2.05, 4.69) is 16.3 Å². The molecule has 2 aromatic rings. The maximum atomic E-state index is 12.8. The van der Waals surface area contributed by atoms with Crippen LogP contribution < -0.4 is 4.74 Å². The van der Waals surface area contributed by atoms with Gasteiger partial charge in [-0.2, -0.15) is 11.3 Å². The topological polar surface area (TPSA) is 41.9 Å². The number of nitrogens with zero attached hydrogens (tertiary/aromatic N) is 1. The van der Waals surface area contributed by atoms with Crippen molar-refractivity contribution in [3.8, 4) is 5.75 Å². The summed E-state index contributed by atoms with van der Waals surface area (Å²) in [6.07, 6.45) is -0.526. The Labute approximate surface area is 139 Å². The van der Waals surface area contributed by atoms with E-state index in [1.54, 1.807) is 23.5 Å². The third-order valence-electron chi connectivity index (χ3n) is 3.79. The highest BCUT2D eigenvalue weighted by Crippen LogP contribution is 2.24. The van der Waals surface area contributed by atoms with Gasteiger partial charge in [-0.3, -0.25) is 4.90 Å². The van der Waals surface area contributed by atoms with Gasteiger partial charge in [0.05, 0.1) is 12.7 Å². The summed E-state index contributed by atoms with van der Waals surface area (Å²) in [5, 5.41) is 14.3. The summed E-state index contributed by atoms with van der Waals surface area (Å²) in [5.41, 5.74) is 1.19. The number of aliphatic hydroxyl groups excluding tert-OH is 1. The zero-order valence-corrected chi connectivity index (χ0v) is 13.5. The lowest BCUT2D eigenvalue weighted by atomic mass is 10.1. The van der Waals surface area contributed by atoms with Gasteiger partial charge in [-0.25, -0.2) is 4.39 Å². The minimum absolute atomic E-state index is 0.0696. The molecule has 0 bridgehead atoms. The summed E-state index contributed by atoms with van der Waals surface area (Å²) < 4.78 is 24.1. The summed E-state index contributed by atoms with van der Waals surface area (Å²) in [4.78, 5) is 2.19. The Bertz CT molecular complexity index is 590. The van der Waals surface area contributed by atoms with Crippen molar-refractivity contribution in [1.82, 2.24) is 4.90 Å². The van der Waals surface area contributed by atoms with Gasteiger partial charge in [-0.05, 0) is 46.7 Å². The van der Waals surface area contributed by atoms with Crippen LogP contribution in [0.25, 0.3) is 0 Å². The summed E-state index contributed by atoms with van der Waals surface area (Å²) in [6.45, 7) is 2.95. The van der Waals surface area contributed by atoms with Gasteiger partial charge in [-0.15, -0.1) is 0 Å². The van der Waals surface area contributed by atoms with Crippen molar-refractivity contribution in [3.63, 3.8) is 0 Å². The Kier molecular flexibility index (Phi) is 5.61. The first kappa shape index (κ1) is 16.4. The average Bonchev–Trinajstić information content (AvgIpc) is 3.09. The second kappa shape index (κ2) is 7.88. The van der Waals surface area contributed by atoms with Gasteiger partial charge >= 0.3 is 0 Å². The Balaban J connectivity index is 1.45. The molecule has 4 nitrogen and oxygen atoms in total. The largest absolute Gasteiger partial charge is 0.491 e. The predicted molar refractivity (Wildman–Crippen MR) is 87.4 cm³/mol. The van der Waals surface area contributed by atoms with Gasteiger partial charge in [0.15, 0.2) is 0 Å². The molecule has 6 heteroatoms. The molecule has 124 valence electrons. The molecule has 3 rings (SSSR count). The van der Waals surface area contributed by atoms with Crippen LogP contribution in [0.2, 0.25) is 0 Å². The second-order valence-electron chi connectivity index (χ2n) is 5.59. The summed E-state index contributed by atoms with van der Waals surface area (Å²) >= 11 is 1.66. The minimum atomic E-state index is -0.596. The van der Waals surface area contributed by atoms with Crippen molar-refractivity contribution < 1.29 is 19.0 Å². The predicted octanol–water partition coefficient (Wildman–Crippen LogP) is 2.70. The van der Waals surface area contributed by atoms with Crippen molar-refractivity contribution >= 4 is 11.3 Å². The van der Waals surface area contributed by atoms with Gasteiger partial charge in [0.1, 0.15) is 24.3 Å². The van der Waals surface area contributed by atoms with E-state index in [0.717, 1.165) is 13.1 Å². The third-order valence-corrected chi connectivity index (χ3v) is 4.49. The van der Waals surface area contributed by atoms with E-state index in [4.69, 9.17) is 9.47 Å². The lowest BCUT2D eigenvalue weighted by Gasteiger charge is -2.33. The van der Waals surface area contributed by atoms with Crippen LogP contribution in [0, 0.1) is 5.82 Å². The number of ether oxygens (including phenoxy) is 2. The van der Waals surface area contributed by atoms with Crippen LogP contribution in [-0.4, -0.2) is 49.0 Å². The van der Waals surface area contributed by atoms with Crippen LogP contribution >= 0.6 is 11.3 Å². The molecule has 2 atom stereocenters. The molecule has 2 heterocycles. The summed E-state index contributed by atoms with van der Waals surface area (Å²) in [5.74, 6) is 0.259. The number of β-amino-alcohol motifs (C(OH)–C–C–N with tert-alkyl or cyclic N) is 1. The first-order chi connectivity index (χ1) is 11.2. The van der Waals surface area contributed by atoms with Gasteiger partial charge < -0.3 is 14.6 Å². The maximum absolute atomic E-state index is 12.8. The van der Waals surface area contributed by atoms with Crippen LogP contribution in [0.4, 0.5) is 4.39 Å². The fourth-order valence-corrected chi connectivity index (χ4v) is 3.30. The SMILES string of the molecule is OC(COc1ccc(F)cc1)CN1CCOC(c2ccsc2)C1. The number of hydrogen-bond donors (Lipinski definition) is 1. The van der Waals surface area contributed by atoms with Gasteiger partial charge in [0.2, 0.25) is 0 Å². The highest BCUT2D eigenvalue weighted by molar-refractivity contribution is 7.07. The molecule has 1 aromatic carbocycles. The third kappa shape index (κ3) is 4.75.